The molecule has 1 saturated heterocycles. The number of nitrogens with zero attached hydrogens (tertiary/aromatic N) is 1. The molecule has 0 bridgehead atoms. The van der Waals surface area contributed by atoms with E-state index in [9.17, 15) is 9.59 Å². The monoisotopic (exact) mass is 351 g/mol. The summed E-state index contributed by atoms with van der Waals surface area (Å²) in [4.78, 5) is 26.5. The molecule has 26 heavy (non-hydrogen) atoms. The zero-order valence-electron chi connectivity index (χ0n) is 14.4. The van der Waals surface area contributed by atoms with Gasteiger partial charge in [0.15, 0.2) is 6.10 Å². The first kappa shape index (κ1) is 16.4. The Morgan fingerprint density at radius 3 is 2.62 bits per heavy atom. The van der Waals surface area contributed by atoms with Crippen LogP contribution in [-0.4, -0.2) is 31.0 Å². The van der Waals surface area contributed by atoms with Crippen LogP contribution in [0.3, 0.4) is 0 Å². The fourth-order valence-corrected chi connectivity index (χ4v) is 3.56. The molecule has 2 amide bonds. The van der Waals surface area contributed by atoms with Crippen LogP contribution in [0.15, 0.2) is 42.5 Å². The van der Waals surface area contributed by atoms with Gasteiger partial charge in [0.05, 0.1) is 11.4 Å². The number of para-hydroxylation sites is 1. The maximum Gasteiger partial charge on any atom is 0.265 e. The lowest BCUT2D eigenvalue weighted by atomic mass is 10.1. The van der Waals surface area contributed by atoms with Crippen LogP contribution in [0.25, 0.3) is 0 Å². The highest BCUT2D eigenvalue weighted by Gasteiger charge is 2.29. The SMILES string of the molecule is NC(=O)c1ccc(N2CCCC2)c(NC(=O)C2Cc3ccccc3O2)c1. The van der Waals surface area contributed by atoms with E-state index in [4.69, 9.17) is 10.5 Å². The molecule has 1 atom stereocenters. The largest absolute Gasteiger partial charge is 0.480 e. The summed E-state index contributed by atoms with van der Waals surface area (Å²) in [7, 11) is 0. The van der Waals surface area contributed by atoms with Gasteiger partial charge in [-0.05, 0) is 42.7 Å². The van der Waals surface area contributed by atoms with E-state index >= 15 is 0 Å². The van der Waals surface area contributed by atoms with E-state index in [2.05, 4.69) is 10.2 Å². The third-order valence-electron chi connectivity index (χ3n) is 4.93. The van der Waals surface area contributed by atoms with E-state index in [0.717, 1.165) is 42.9 Å². The van der Waals surface area contributed by atoms with E-state index in [-0.39, 0.29) is 5.91 Å². The summed E-state index contributed by atoms with van der Waals surface area (Å²) >= 11 is 0. The second kappa shape index (κ2) is 6.71. The Morgan fingerprint density at radius 2 is 1.88 bits per heavy atom. The predicted octanol–water partition coefficient (Wildman–Crippen LogP) is 2.33. The Kier molecular flexibility index (Phi) is 4.24. The molecule has 1 fully saturated rings. The number of hydrogen-bond donors (Lipinski definition) is 2. The number of amides is 2. The summed E-state index contributed by atoms with van der Waals surface area (Å²) in [6.45, 7) is 1.87. The molecule has 2 aromatic rings. The van der Waals surface area contributed by atoms with Crippen molar-refractivity contribution in [2.75, 3.05) is 23.3 Å². The number of nitrogens with two attached hydrogens (primary N) is 1. The van der Waals surface area contributed by atoms with Crippen molar-refractivity contribution in [1.29, 1.82) is 0 Å². The lowest BCUT2D eigenvalue weighted by Crippen LogP contribution is -2.32. The van der Waals surface area contributed by atoms with Gasteiger partial charge in [-0.25, -0.2) is 0 Å². The lowest BCUT2D eigenvalue weighted by Gasteiger charge is -2.23. The van der Waals surface area contributed by atoms with Gasteiger partial charge in [-0.15, -0.1) is 0 Å². The minimum absolute atomic E-state index is 0.219. The molecule has 0 aliphatic carbocycles. The number of anilines is 2. The average molecular weight is 351 g/mol. The minimum atomic E-state index is -0.573. The first-order chi connectivity index (χ1) is 12.6. The van der Waals surface area contributed by atoms with Crippen LogP contribution in [-0.2, 0) is 11.2 Å². The molecule has 3 N–H and O–H groups in total. The number of primary amides is 1. The van der Waals surface area contributed by atoms with E-state index in [0.29, 0.717) is 17.7 Å². The molecule has 2 aliphatic rings. The van der Waals surface area contributed by atoms with Gasteiger partial charge in [0.2, 0.25) is 5.91 Å². The van der Waals surface area contributed by atoms with Crippen LogP contribution in [0, 0.1) is 0 Å². The highest BCUT2D eigenvalue weighted by Crippen LogP contribution is 2.32. The van der Waals surface area contributed by atoms with Crippen molar-refractivity contribution >= 4 is 23.2 Å². The molecule has 2 heterocycles. The molecule has 0 aromatic heterocycles. The van der Waals surface area contributed by atoms with Crippen molar-refractivity contribution in [3.05, 3.63) is 53.6 Å². The maximum absolute atomic E-state index is 12.8. The van der Waals surface area contributed by atoms with E-state index in [1.54, 1.807) is 12.1 Å². The van der Waals surface area contributed by atoms with Crippen LogP contribution in [0.5, 0.6) is 5.75 Å². The van der Waals surface area contributed by atoms with Crippen LogP contribution in [0.2, 0.25) is 0 Å². The quantitative estimate of drug-likeness (QED) is 0.885. The molecule has 4 rings (SSSR count). The van der Waals surface area contributed by atoms with E-state index in [1.807, 2.05) is 30.3 Å². The van der Waals surface area contributed by atoms with Crippen LogP contribution >= 0.6 is 0 Å². The van der Waals surface area contributed by atoms with Gasteiger partial charge in [-0.2, -0.15) is 0 Å². The summed E-state index contributed by atoms with van der Waals surface area (Å²) in [5.41, 5.74) is 8.32. The fraction of sp³-hybridized carbons (Fsp3) is 0.300. The number of benzene rings is 2. The number of fused-ring (bicyclic) bond motifs is 1. The molecular weight excluding hydrogens is 330 g/mol. The fourth-order valence-electron chi connectivity index (χ4n) is 3.56. The minimum Gasteiger partial charge on any atom is -0.480 e. The Morgan fingerprint density at radius 1 is 1.12 bits per heavy atom. The normalized spacial score (nSPS) is 18.3. The molecular formula is C20H21N3O3. The highest BCUT2D eigenvalue weighted by atomic mass is 16.5. The number of rotatable bonds is 4. The lowest BCUT2D eigenvalue weighted by molar-refractivity contribution is -0.122. The van der Waals surface area contributed by atoms with Gasteiger partial charge in [0.1, 0.15) is 5.75 Å². The van der Waals surface area contributed by atoms with Crippen molar-refractivity contribution < 1.29 is 14.3 Å². The molecule has 6 nitrogen and oxygen atoms in total. The third-order valence-corrected chi connectivity index (χ3v) is 4.93. The van der Waals surface area contributed by atoms with Crippen LogP contribution < -0.4 is 20.7 Å². The zero-order chi connectivity index (χ0) is 18.1. The first-order valence-corrected chi connectivity index (χ1v) is 8.86. The van der Waals surface area contributed by atoms with Crippen molar-refractivity contribution in [1.82, 2.24) is 0 Å². The highest BCUT2D eigenvalue weighted by molar-refractivity contribution is 6.01. The van der Waals surface area contributed by atoms with Gasteiger partial charge in [0, 0.05) is 25.1 Å². The predicted molar refractivity (Wildman–Crippen MR) is 99.6 cm³/mol. The van der Waals surface area contributed by atoms with Crippen LogP contribution in [0.4, 0.5) is 11.4 Å². The van der Waals surface area contributed by atoms with Crippen molar-refractivity contribution in [2.24, 2.45) is 5.73 Å². The second-order valence-electron chi connectivity index (χ2n) is 6.70. The van der Waals surface area contributed by atoms with Crippen molar-refractivity contribution in [3.63, 3.8) is 0 Å². The van der Waals surface area contributed by atoms with Gasteiger partial charge in [-0.1, -0.05) is 18.2 Å². The van der Waals surface area contributed by atoms with E-state index < -0.39 is 12.0 Å². The van der Waals surface area contributed by atoms with Gasteiger partial charge in [-0.3, -0.25) is 9.59 Å². The molecule has 1 unspecified atom stereocenters. The smallest absolute Gasteiger partial charge is 0.265 e. The Balaban J connectivity index is 1.57. The second-order valence-corrected chi connectivity index (χ2v) is 6.70. The molecule has 6 heteroatoms. The summed E-state index contributed by atoms with van der Waals surface area (Å²) in [6.07, 6.45) is 2.20. The number of carbonyl (C=O) groups is 2. The number of carbonyl (C=O) groups excluding carboxylic acids is 2. The number of ether oxygens (including phenoxy) is 1. The zero-order valence-corrected chi connectivity index (χ0v) is 14.4. The topological polar surface area (TPSA) is 84.7 Å². The first-order valence-electron chi connectivity index (χ1n) is 8.86. The molecule has 0 radical (unpaired) electrons. The Bertz CT molecular complexity index is 834. The summed E-state index contributed by atoms with van der Waals surface area (Å²) in [5.74, 6) is 0.0135. The van der Waals surface area contributed by atoms with Crippen molar-refractivity contribution in [3.8, 4) is 5.75 Å². The number of hydrogen-bond acceptors (Lipinski definition) is 4. The van der Waals surface area contributed by atoms with Crippen LogP contribution in [0.1, 0.15) is 28.8 Å². The van der Waals surface area contributed by atoms with Crippen molar-refractivity contribution in [2.45, 2.75) is 25.4 Å². The molecule has 2 aromatic carbocycles. The van der Waals surface area contributed by atoms with E-state index in [1.165, 1.54) is 0 Å². The standard InChI is InChI=1S/C20H21N3O3/c21-19(24)14-7-8-16(23-9-3-4-10-23)15(11-14)22-20(25)18-12-13-5-1-2-6-17(13)26-18/h1-2,5-8,11,18H,3-4,9-10,12H2,(H2,21,24)(H,22,25). The number of nitrogens with one attached hydrogen (secondary N) is 1. The Labute approximate surface area is 151 Å². The molecule has 134 valence electrons. The molecule has 0 saturated carbocycles. The molecule has 2 aliphatic heterocycles. The summed E-state index contributed by atoms with van der Waals surface area (Å²) in [5, 5.41) is 2.95. The summed E-state index contributed by atoms with van der Waals surface area (Å²) < 4.78 is 5.77. The average Bonchev–Trinajstić information content (AvgIpc) is 3.31. The van der Waals surface area contributed by atoms with Gasteiger partial charge >= 0.3 is 0 Å². The third kappa shape index (κ3) is 3.10. The molecule has 0 spiro atoms. The van der Waals surface area contributed by atoms with Gasteiger partial charge < -0.3 is 20.7 Å². The Hall–Kier alpha value is -3.02. The summed E-state index contributed by atoms with van der Waals surface area (Å²) in [6, 6.07) is 12.9. The van der Waals surface area contributed by atoms with Gasteiger partial charge in [0.25, 0.3) is 5.91 Å². The maximum atomic E-state index is 12.8.